The molecule has 5 rings (SSSR count). The number of carbonyl (C=O) groups excluding carboxylic acids is 1. The van der Waals surface area contributed by atoms with Crippen LogP contribution < -0.4 is 5.32 Å². The number of nitrogens with zero attached hydrogens (tertiary/aromatic N) is 4. The first kappa shape index (κ1) is 19.3. The Morgan fingerprint density at radius 1 is 1.26 bits per heavy atom. The lowest BCUT2D eigenvalue weighted by molar-refractivity contribution is -0.117. The Balaban J connectivity index is 0.00000245. The molecule has 0 atom stereocenters. The van der Waals surface area contributed by atoms with Gasteiger partial charge in [0.15, 0.2) is 0 Å². The number of pyridine rings is 2. The Kier molecular flexibility index (Phi) is 4.51. The van der Waals surface area contributed by atoms with Crippen LogP contribution in [0.15, 0.2) is 41.4 Å². The molecule has 7 heteroatoms. The summed E-state index contributed by atoms with van der Waals surface area (Å²) in [4.78, 5) is 21.3. The molecule has 0 aliphatic heterocycles. The molecule has 2 aliphatic carbocycles. The maximum absolute atomic E-state index is 12.2. The fourth-order valence-corrected chi connectivity index (χ4v) is 4.43. The van der Waals surface area contributed by atoms with Gasteiger partial charge < -0.3 is 10.1 Å². The molecule has 3 aromatic heterocycles. The molecule has 1 N–H and O–H groups in total. The van der Waals surface area contributed by atoms with Crippen molar-refractivity contribution in [2.24, 2.45) is 5.92 Å². The van der Waals surface area contributed by atoms with Crippen molar-refractivity contribution < 1.29 is 11.0 Å². The van der Waals surface area contributed by atoms with Crippen molar-refractivity contribution in [3.8, 4) is 6.07 Å². The van der Waals surface area contributed by atoms with Crippen molar-refractivity contribution in [1.29, 1.82) is 5.26 Å². The van der Waals surface area contributed by atoms with Crippen LogP contribution in [0.2, 0.25) is 0 Å². The Morgan fingerprint density at radius 2 is 2.06 bits per heavy atom. The number of amides is 1. The van der Waals surface area contributed by atoms with Gasteiger partial charge in [-0.25, -0.2) is 9.97 Å². The maximum atomic E-state index is 12.2. The first-order valence-corrected chi connectivity index (χ1v) is 10.5. The van der Waals surface area contributed by atoms with Gasteiger partial charge in [-0.2, -0.15) is 5.26 Å². The molecule has 3 heterocycles. The van der Waals surface area contributed by atoms with Gasteiger partial charge in [0.1, 0.15) is 23.2 Å². The Bertz CT molecular complexity index is 1360. The highest BCUT2D eigenvalue weighted by atomic mass is 16.5. The Hall–Kier alpha value is -3.66. The number of ether oxygens (including phenoxy) is 1. The van der Waals surface area contributed by atoms with Crippen LogP contribution in [0.25, 0.3) is 22.1 Å². The number of allylic oxidation sites excluding steroid dienone is 4. The van der Waals surface area contributed by atoms with Gasteiger partial charge in [0.25, 0.3) is 0 Å². The molecule has 0 radical (unpaired) electrons. The summed E-state index contributed by atoms with van der Waals surface area (Å²) in [5.74, 6) is 1.56. The molecular formula is C24H25N5O2. The van der Waals surface area contributed by atoms with Crippen LogP contribution in [0.4, 0.5) is 5.82 Å². The summed E-state index contributed by atoms with van der Waals surface area (Å²) in [6.07, 6.45) is 6.99. The van der Waals surface area contributed by atoms with E-state index in [1.165, 1.54) is 5.57 Å². The molecule has 0 aromatic carbocycles. The van der Waals surface area contributed by atoms with Crippen LogP contribution in [0.5, 0.6) is 0 Å². The van der Waals surface area contributed by atoms with E-state index in [9.17, 15) is 10.1 Å². The smallest absolute Gasteiger partial charge is 0.228 e. The van der Waals surface area contributed by atoms with Crippen LogP contribution in [0, 0.1) is 17.2 Å². The summed E-state index contributed by atoms with van der Waals surface area (Å²) in [7, 11) is 1.71. The minimum absolute atomic E-state index is 0. The topological polar surface area (TPSA) is 92.3 Å². The van der Waals surface area contributed by atoms with Gasteiger partial charge in [0.05, 0.1) is 24.6 Å². The molecule has 1 fully saturated rings. The second kappa shape index (κ2) is 7.24. The van der Waals surface area contributed by atoms with Gasteiger partial charge in [-0.05, 0) is 50.3 Å². The molecule has 7 nitrogen and oxygen atoms in total. The molecule has 2 aliphatic rings. The van der Waals surface area contributed by atoms with E-state index >= 15 is 0 Å². The molecule has 3 aromatic rings. The molecule has 1 amide bonds. The summed E-state index contributed by atoms with van der Waals surface area (Å²) in [6, 6.07) is 6.13. The Morgan fingerprint density at radius 3 is 2.77 bits per heavy atom. The van der Waals surface area contributed by atoms with Gasteiger partial charge in [-0.3, -0.25) is 9.20 Å². The zero-order chi connectivity index (χ0) is 21.7. The number of carbonyl (C=O) groups is 1. The number of nitriles is 1. The van der Waals surface area contributed by atoms with Gasteiger partial charge in [-0.1, -0.05) is 5.57 Å². The van der Waals surface area contributed by atoms with E-state index in [2.05, 4.69) is 41.3 Å². The van der Waals surface area contributed by atoms with Crippen LogP contribution in [0.3, 0.4) is 0 Å². The molecule has 31 heavy (non-hydrogen) atoms. The number of hydrogen-bond donors (Lipinski definition) is 1. The number of methoxy groups -OCH3 is 1. The van der Waals surface area contributed by atoms with E-state index in [-0.39, 0.29) is 13.3 Å². The monoisotopic (exact) mass is 415 g/mol. The summed E-state index contributed by atoms with van der Waals surface area (Å²) in [5, 5.41) is 13.5. The van der Waals surface area contributed by atoms with Crippen molar-refractivity contribution >= 4 is 33.8 Å². The standard InChI is InChI=1S/C24H23N5O2.H2/c1-13-4-7-20(31-3)14(2)22(13)18-8-16-11-26-21(28-24(30)15-5-6-15)9-19(16)29-17(10-25)12-27-23(18)29;/h8-9,11-12,15H,4-7H2,1-3H3,(H,26,28,30);1H. The highest BCUT2D eigenvalue weighted by molar-refractivity contribution is 5.98. The van der Waals surface area contributed by atoms with Crippen molar-refractivity contribution in [3.05, 3.63) is 52.7 Å². The van der Waals surface area contributed by atoms with E-state index in [4.69, 9.17) is 4.74 Å². The van der Waals surface area contributed by atoms with Crippen LogP contribution in [0.1, 0.15) is 52.2 Å². The van der Waals surface area contributed by atoms with E-state index in [0.717, 1.165) is 59.1 Å². The SMILES string of the molecule is COC1=C(C)C(c2cc3cnc(NC(=O)C4CC4)cc3n3c(C#N)cnc23)=C(C)CC1.[HH]. The van der Waals surface area contributed by atoms with Crippen molar-refractivity contribution in [2.45, 2.75) is 39.5 Å². The molecule has 158 valence electrons. The summed E-state index contributed by atoms with van der Waals surface area (Å²) in [5.41, 5.74) is 6.36. The number of imidazole rings is 1. The lowest BCUT2D eigenvalue weighted by Crippen LogP contribution is -2.14. The lowest BCUT2D eigenvalue weighted by Gasteiger charge is -2.23. The lowest BCUT2D eigenvalue weighted by atomic mass is 9.86. The normalized spacial score (nSPS) is 16.7. The van der Waals surface area contributed by atoms with Crippen LogP contribution >= 0.6 is 0 Å². The van der Waals surface area contributed by atoms with Gasteiger partial charge in [0.2, 0.25) is 5.91 Å². The Labute approximate surface area is 181 Å². The summed E-state index contributed by atoms with van der Waals surface area (Å²) in [6.45, 7) is 4.20. The van der Waals surface area contributed by atoms with Crippen LogP contribution in [-0.2, 0) is 9.53 Å². The maximum Gasteiger partial charge on any atom is 0.228 e. The van der Waals surface area contributed by atoms with E-state index in [0.29, 0.717) is 17.2 Å². The second-order valence-electron chi connectivity index (χ2n) is 8.27. The predicted molar refractivity (Wildman–Crippen MR) is 120 cm³/mol. The van der Waals surface area contributed by atoms with E-state index < -0.39 is 0 Å². The second-order valence-corrected chi connectivity index (χ2v) is 8.27. The van der Waals surface area contributed by atoms with Gasteiger partial charge >= 0.3 is 0 Å². The molecule has 1 saturated carbocycles. The first-order chi connectivity index (χ1) is 15.0. The molecule has 0 unspecified atom stereocenters. The fraction of sp³-hybridized carbons (Fsp3) is 0.333. The number of aromatic nitrogens is 3. The van der Waals surface area contributed by atoms with E-state index in [1.807, 2.05) is 10.5 Å². The summed E-state index contributed by atoms with van der Waals surface area (Å²) >= 11 is 0. The van der Waals surface area contributed by atoms with Gasteiger partial charge in [0, 0.05) is 37.0 Å². The highest BCUT2D eigenvalue weighted by Gasteiger charge is 2.30. The third-order valence-corrected chi connectivity index (χ3v) is 6.23. The number of rotatable bonds is 4. The molecule has 0 saturated heterocycles. The predicted octanol–water partition coefficient (Wildman–Crippen LogP) is 4.84. The quantitative estimate of drug-likeness (QED) is 0.658. The van der Waals surface area contributed by atoms with Crippen molar-refractivity contribution in [2.75, 3.05) is 12.4 Å². The van der Waals surface area contributed by atoms with E-state index in [1.54, 1.807) is 19.5 Å². The average molecular weight is 415 g/mol. The van der Waals surface area contributed by atoms with Crippen molar-refractivity contribution in [3.63, 3.8) is 0 Å². The van der Waals surface area contributed by atoms with Crippen molar-refractivity contribution in [1.82, 2.24) is 14.4 Å². The third kappa shape index (κ3) is 3.15. The zero-order valence-corrected chi connectivity index (χ0v) is 17.8. The third-order valence-electron chi connectivity index (χ3n) is 6.23. The zero-order valence-electron chi connectivity index (χ0n) is 17.8. The first-order valence-electron chi connectivity index (χ1n) is 10.5. The summed E-state index contributed by atoms with van der Waals surface area (Å²) < 4.78 is 7.47. The minimum atomic E-state index is 0. The number of hydrogen-bond acceptors (Lipinski definition) is 5. The highest BCUT2D eigenvalue weighted by Crippen LogP contribution is 2.40. The minimum Gasteiger partial charge on any atom is -0.501 e. The molecule has 0 bridgehead atoms. The number of fused-ring (bicyclic) bond motifs is 3. The number of anilines is 1. The largest absolute Gasteiger partial charge is 0.501 e. The average Bonchev–Trinajstić information content (AvgIpc) is 3.53. The molecular weight excluding hydrogens is 390 g/mol. The number of nitrogens with one attached hydrogen (secondary N) is 1. The van der Waals surface area contributed by atoms with Crippen LogP contribution in [-0.4, -0.2) is 27.4 Å². The molecule has 0 spiro atoms. The fourth-order valence-electron chi connectivity index (χ4n) is 4.43. The van der Waals surface area contributed by atoms with Gasteiger partial charge in [-0.15, -0.1) is 0 Å².